The van der Waals surface area contributed by atoms with E-state index in [0.29, 0.717) is 39.2 Å². The van der Waals surface area contributed by atoms with Gasteiger partial charge in [0.25, 0.3) is 5.56 Å². The summed E-state index contributed by atoms with van der Waals surface area (Å²) in [4.78, 5) is 18.1. The summed E-state index contributed by atoms with van der Waals surface area (Å²) < 4.78 is 22.4. The van der Waals surface area contributed by atoms with E-state index in [4.69, 9.17) is 4.42 Å². The van der Waals surface area contributed by atoms with Gasteiger partial charge in [-0.1, -0.05) is 36.0 Å². The molecule has 0 unspecified atom stereocenters. The first kappa shape index (κ1) is 22.2. The van der Waals surface area contributed by atoms with E-state index in [0.717, 1.165) is 22.3 Å². The van der Waals surface area contributed by atoms with Gasteiger partial charge in [-0.15, -0.1) is 10.2 Å². The highest BCUT2D eigenvalue weighted by Crippen LogP contribution is 2.28. The molecule has 9 heteroatoms. The number of fused-ring (bicyclic) bond motifs is 3. The Morgan fingerprint density at radius 1 is 0.972 bits per heavy atom. The summed E-state index contributed by atoms with van der Waals surface area (Å²) in [7, 11) is 0. The van der Waals surface area contributed by atoms with Crippen molar-refractivity contribution in [3.63, 3.8) is 0 Å². The van der Waals surface area contributed by atoms with Crippen LogP contribution in [0.25, 0.3) is 33.8 Å². The number of aryl methyl sites for hydroxylation is 1. The van der Waals surface area contributed by atoms with Gasteiger partial charge < -0.3 is 4.42 Å². The number of hydrogen-bond acceptors (Lipinski definition) is 6. The fourth-order valence-corrected chi connectivity index (χ4v) is 5.02. The van der Waals surface area contributed by atoms with E-state index >= 15 is 0 Å². The Balaban J connectivity index is 1.43. The van der Waals surface area contributed by atoms with Crippen LogP contribution in [0.3, 0.4) is 0 Å². The molecule has 0 bridgehead atoms. The van der Waals surface area contributed by atoms with Gasteiger partial charge in [-0.05, 0) is 67.4 Å². The van der Waals surface area contributed by atoms with E-state index in [1.165, 1.54) is 23.9 Å². The maximum atomic E-state index is 13.6. The quantitative estimate of drug-likeness (QED) is 0.283. The van der Waals surface area contributed by atoms with Crippen molar-refractivity contribution in [3.05, 3.63) is 106 Å². The Labute approximate surface area is 209 Å². The standard InChI is InChI=1S/C27H20FN5O2S/c1-16-6-5-9-22(17(16)2)32-25(34)21-7-3-4-8-23(21)33-26(32)30-31-27(33)36-15-20-14-35-24(29-20)18-10-12-19(28)13-11-18/h3-14H,15H2,1-2H3. The summed E-state index contributed by atoms with van der Waals surface area (Å²) in [5.74, 6) is 1.03. The third kappa shape index (κ3) is 3.68. The monoisotopic (exact) mass is 497 g/mol. The Bertz CT molecular complexity index is 1800. The van der Waals surface area contributed by atoms with Crippen LogP contribution >= 0.6 is 11.8 Å². The Morgan fingerprint density at radius 3 is 2.61 bits per heavy atom. The van der Waals surface area contributed by atoms with Crippen LogP contribution in [-0.2, 0) is 5.75 Å². The van der Waals surface area contributed by atoms with Gasteiger partial charge in [-0.2, -0.15) is 0 Å². The topological polar surface area (TPSA) is 78.2 Å². The highest BCUT2D eigenvalue weighted by Gasteiger charge is 2.19. The number of rotatable bonds is 5. The summed E-state index contributed by atoms with van der Waals surface area (Å²) in [6.45, 7) is 4.02. The van der Waals surface area contributed by atoms with Gasteiger partial charge in [-0.3, -0.25) is 9.20 Å². The average Bonchev–Trinajstić information content (AvgIpc) is 3.53. The highest BCUT2D eigenvalue weighted by atomic mass is 32.2. The van der Waals surface area contributed by atoms with Gasteiger partial charge in [0.1, 0.15) is 12.1 Å². The first-order valence-corrected chi connectivity index (χ1v) is 12.3. The minimum Gasteiger partial charge on any atom is -0.444 e. The molecular weight excluding hydrogens is 477 g/mol. The van der Waals surface area contributed by atoms with Crippen LogP contribution in [-0.4, -0.2) is 24.1 Å². The largest absolute Gasteiger partial charge is 0.444 e. The van der Waals surface area contributed by atoms with Gasteiger partial charge in [0, 0.05) is 11.3 Å². The molecule has 36 heavy (non-hydrogen) atoms. The Morgan fingerprint density at radius 2 is 1.78 bits per heavy atom. The normalized spacial score (nSPS) is 11.5. The van der Waals surface area contributed by atoms with Crippen molar-refractivity contribution >= 4 is 28.4 Å². The summed E-state index contributed by atoms with van der Waals surface area (Å²) in [6.07, 6.45) is 1.58. The van der Waals surface area contributed by atoms with Crippen LogP contribution < -0.4 is 5.56 Å². The summed E-state index contributed by atoms with van der Waals surface area (Å²) in [5.41, 5.74) is 4.87. The van der Waals surface area contributed by atoms with Gasteiger partial charge in [0.05, 0.1) is 22.3 Å². The van der Waals surface area contributed by atoms with Crippen molar-refractivity contribution < 1.29 is 8.81 Å². The van der Waals surface area contributed by atoms with E-state index in [2.05, 4.69) is 15.2 Å². The van der Waals surface area contributed by atoms with Gasteiger partial charge in [0.2, 0.25) is 11.7 Å². The van der Waals surface area contributed by atoms with Crippen LogP contribution in [0.15, 0.2) is 87.4 Å². The number of halogens is 1. The van der Waals surface area contributed by atoms with Crippen LogP contribution in [0, 0.1) is 19.7 Å². The zero-order valence-corrected chi connectivity index (χ0v) is 20.3. The molecule has 0 fully saturated rings. The fraction of sp³-hybridized carbons (Fsp3) is 0.111. The zero-order chi connectivity index (χ0) is 24.8. The Kier molecular flexibility index (Phi) is 5.41. The molecule has 3 aromatic heterocycles. The minimum absolute atomic E-state index is 0.142. The van der Waals surface area contributed by atoms with Crippen LogP contribution in [0.5, 0.6) is 0 Å². The van der Waals surface area contributed by atoms with Crippen molar-refractivity contribution in [2.24, 2.45) is 0 Å². The lowest BCUT2D eigenvalue weighted by atomic mass is 10.1. The molecule has 178 valence electrons. The molecule has 0 spiro atoms. The second-order valence-electron chi connectivity index (χ2n) is 8.43. The number of aromatic nitrogens is 5. The summed E-state index contributed by atoms with van der Waals surface area (Å²) in [5, 5.41) is 10.1. The molecule has 0 amide bonds. The predicted molar refractivity (Wildman–Crippen MR) is 137 cm³/mol. The van der Waals surface area contributed by atoms with Crippen LogP contribution in [0.1, 0.15) is 16.8 Å². The molecule has 0 saturated heterocycles. The average molecular weight is 498 g/mol. The molecule has 0 saturated carbocycles. The van der Waals surface area contributed by atoms with E-state index in [-0.39, 0.29) is 11.4 Å². The number of benzene rings is 3. The molecule has 3 heterocycles. The van der Waals surface area contributed by atoms with E-state index in [1.54, 1.807) is 23.0 Å². The minimum atomic E-state index is -0.314. The van der Waals surface area contributed by atoms with E-state index in [1.807, 2.05) is 60.7 Å². The molecule has 0 atom stereocenters. The lowest BCUT2D eigenvalue weighted by Gasteiger charge is -2.14. The smallest absolute Gasteiger partial charge is 0.267 e. The van der Waals surface area contributed by atoms with Crippen molar-refractivity contribution in [1.82, 2.24) is 24.1 Å². The number of para-hydroxylation sites is 1. The SMILES string of the molecule is Cc1cccc(-n2c(=O)c3ccccc3n3c(SCc4coc(-c5ccc(F)cc5)n4)nnc23)c1C. The molecule has 0 aliphatic rings. The molecule has 0 N–H and O–H groups in total. The maximum absolute atomic E-state index is 13.6. The van der Waals surface area contributed by atoms with Crippen molar-refractivity contribution in [3.8, 4) is 17.1 Å². The fourth-order valence-electron chi connectivity index (χ4n) is 4.20. The lowest BCUT2D eigenvalue weighted by Crippen LogP contribution is -2.22. The van der Waals surface area contributed by atoms with Crippen molar-refractivity contribution in [2.45, 2.75) is 24.8 Å². The molecule has 6 rings (SSSR count). The maximum Gasteiger partial charge on any atom is 0.267 e. The third-order valence-electron chi connectivity index (χ3n) is 6.20. The number of hydrogen-bond donors (Lipinski definition) is 0. The van der Waals surface area contributed by atoms with Crippen molar-refractivity contribution in [2.75, 3.05) is 0 Å². The zero-order valence-electron chi connectivity index (χ0n) is 19.5. The molecular formula is C27H20FN5O2S. The van der Waals surface area contributed by atoms with Gasteiger partial charge in [0.15, 0.2) is 5.16 Å². The Hall–Kier alpha value is -4.24. The summed E-state index contributed by atoms with van der Waals surface area (Å²) >= 11 is 1.44. The molecule has 0 aliphatic heterocycles. The molecule has 3 aromatic carbocycles. The first-order chi connectivity index (χ1) is 17.5. The van der Waals surface area contributed by atoms with Crippen LogP contribution in [0.2, 0.25) is 0 Å². The van der Waals surface area contributed by atoms with Gasteiger partial charge in [-0.25, -0.2) is 13.9 Å². The highest BCUT2D eigenvalue weighted by molar-refractivity contribution is 7.98. The molecule has 0 radical (unpaired) electrons. The number of thioether (sulfide) groups is 1. The van der Waals surface area contributed by atoms with Crippen molar-refractivity contribution in [1.29, 1.82) is 0 Å². The van der Waals surface area contributed by atoms with E-state index < -0.39 is 0 Å². The number of nitrogens with zero attached hydrogens (tertiary/aromatic N) is 5. The number of oxazole rings is 1. The lowest BCUT2D eigenvalue weighted by molar-refractivity contribution is 0.573. The second kappa shape index (κ2) is 8.76. The van der Waals surface area contributed by atoms with E-state index in [9.17, 15) is 9.18 Å². The molecule has 0 aliphatic carbocycles. The van der Waals surface area contributed by atoms with Crippen LogP contribution in [0.4, 0.5) is 4.39 Å². The molecule has 7 nitrogen and oxygen atoms in total. The van der Waals surface area contributed by atoms with Gasteiger partial charge >= 0.3 is 0 Å². The predicted octanol–water partition coefficient (Wildman–Crippen LogP) is 5.74. The first-order valence-electron chi connectivity index (χ1n) is 11.3. The summed E-state index contributed by atoms with van der Waals surface area (Å²) in [6, 6.07) is 19.3. The third-order valence-corrected chi connectivity index (χ3v) is 7.17. The molecule has 6 aromatic rings. The second-order valence-corrected chi connectivity index (χ2v) is 9.38.